The zero-order valence-corrected chi connectivity index (χ0v) is 10.5. The number of hydrogen-bond acceptors (Lipinski definition) is 2. The molecule has 1 aliphatic rings. The Balaban J connectivity index is 1.94. The van der Waals surface area contributed by atoms with Gasteiger partial charge in [0.15, 0.2) is 0 Å². The molecule has 0 radical (unpaired) electrons. The van der Waals surface area contributed by atoms with Gasteiger partial charge in [0.05, 0.1) is 0 Å². The largest absolute Gasteiger partial charge is 0.399 e. The van der Waals surface area contributed by atoms with Gasteiger partial charge in [0.2, 0.25) is 0 Å². The highest BCUT2D eigenvalue weighted by Crippen LogP contribution is 2.24. The van der Waals surface area contributed by atoms with Gasteiger partial charge in [-0.3, -0.25) is 4.79 Å². The minimum absolute atomic E-state index is 0.0916. The van der Waals surface area contributed by atoms with E-state index >= 15 is 0 Å². The van der Waals surface area contributed by atoms with E-state index in [1.165, 1.54) is 25.7 Å². The molecule has 1 aliphatic carbocycles. The third-order valence-corrected chi connectivity index (χ3v) is 3.43. The van der Waals surface area contributed by atoms with Crippen LogP contribution in [-0.4, -0.2) is 12.5 Å². The van der Waals surface area contributed by atoms with Crippen LogP contribution in [0.5, 0.6) is 0 Å². The fraction of sp³-hybridized carbons (Fsp3) is 0.462. The van der Waals surface area contributed by atoms with Crippen molar-refractivity contribution < 1.29 is 4.79 Å². The molecule has 1 amide bonds. The summed E-state index contributed by atoms with van der Waals surface area (Å²) >= 11 is 5.86. The highest BCUT2D eigenvalue weighted by molar-refractivity contribution is 6.31. The number of nitrogens with two attached hydrogens (primary N) is 1. The van der Waals surface area contributed by atoms with Crippen molar-refractivity contribution in [3.05, 3.63) is 28.8 Å². The molecule has 0 bridgehead atoms. The van der Waals surface area contributed by atoms with E-state index in [2.05, 4.69) is 5.32 Å². The van der Waals surface area contributed by atoms with Crippen LogP contribution in [0.2, 0.25) is 5.02 Å². The summed E-state index contributed by atoms with van der Waals surface area (Å²) in [7, 11) is 0. The molecule has 4 heteroatoms. The fourth-order valence-corrected chi connectivity index (χ4v) is 2.54. The number of anilines is 1. The highest BCUT2D eigenvalue weighted by Gasteiger charge is 2.16. The second kappa shape index (κ2) is 5.41. The number of halogens is 1. The molecule has 92 valence electrons. The second-order valence-corrected chi connectivity index (χ2v) is 5.07. The third-order valence-electron chi connectivity index (χ3n) is 3.21. The number of nitrogens with one attached hydrogen (secondary N) is 1. The summed E-state index contributed by atoms with van der Waals surface area (Å²) in [5, 5.41) is 3.44. The molecule has 3 nitrogen and oxygen atoms in total. The number of hydrogen-bond donors (Lipinski definition) is 2. The molecule has 0 aromatic heterocycles. The molecule has 2 rings (SSSR count). The van der Waals surface area contributed by atoms with Gasteiger partial charge in [-0.2, -0.15) is 0 Å². The van der Waals surface area contributed by atoms with E-state index in [9.17, 15) is 4.79 Å². The van der Waals surface area contributed by atoms with Gasteiger partial charge in [0.25, 0.3) is 5.91 Å². The first kappa shape index (κ1) is 12.2. The number of nitrogen functional groups attached to an aromatic ring is 1. The molecule has 1 fully saturated rings. The molecular formula is C13H17ClN2O. The highest BCUT2D eigenvalue weighted by atomic mass is 35.5. The van der Waals surface area contributed by atoms with E-state index < -0.39 is 0 Å². The van der Waals surface area contributed by atoms with Crippen molar-refractivity contribution in [2.45, 2.75) is 25.7 Å². The minimum Gasteiger partial charge on any atom is -0.399 e. The lowest BCUT2D eigenvalue weighted by Gasteiger charge is -2.11. The van der Waals surface area contributed by atoms with Crippen LogP contribution in [0.4, 0.5) is 5.69 Å². The molecule has 0 aliphatic heterocycles. The van der Waals surface area contributed by atoms with E-state index in [1.807, 2.05) is 0 Å². The number of carbonyl (C=O) groups excluding carboxylic acids is 1. The summed E-state index contributed by atoms with van der Waals surface area (Å²) in [4.78, 5) is 11.9. The molecule has 0 atom stereocenters. The predicted molar refractivity (Wildman–Crippen MR) is 70.2 cm³/mol. The monoisotopic (exact) mass is 252 g/mol. The zero-order valence-electron chi connectivity index (χ0n) is 9.71. The Morgan fingerprint density at radius 2 is 2.06 bits per heavy atom. The van der Waals surface area contributed by atoms with Crippen molar-refractivity contribution in [1.29, 1.82) is 0 Å². The van der Waals surface area contributed by atoms with E-state index in [-0.39, 0.29) is 5.91 Å². The van der Waals surface area contributed by atoms with E-state index in [0.717, 1.165) is 6.54 Å². The summed E-state index contributed by atoms with van der Waals surface area (Å²) in [6, 6.07) is 4.92. The number of benzene rings is 1. The van der Waals surface area contributed by atoms with Crippen molar-refractivity contribution >= 4 is 23.2 Å². The first-order chi connectivity index (χ1) is 8.15. The van der Waals surface area contributed by atoms with Crippen LogP contribution < -0.4 is 11.1 Å². The van der Waals surface area contributed by atoms with E-state index in [1.54, 1.807) is 18.2 Å². The lowest BCUT2D eigenvalue weighted by Crippen LogP contribution is -2.28. The van der Waals surface area contributed by atoms with Crippen molar-refractivity contribution in [2.75, 3.05) is 12.3 Å². The molecule has 1 aromatic rings. The molecule has 0 unspecified atom stereocenters. The average Bonchev–Trinajstić information content (AvgIpc) is 2.77. The van der Waals surface area contributed by atoms with Crippen LogP contribution in [0.15, 0.2) is 18.2 Å². The number of carbonyl (C=O) groups is 1. The molecule has 0 saturated heterocycles. The lowest BCUT2D eigenvalue weighted by molar-refractivity contribution is 0.0947. The fourth-order valence-electron chi connectivity index (χ4n) is 2.30. The van der Waals surface area contributed by atoms with Gasteiger partial charge in [-0.1, -0.05) is 24.4 Å². The Morgan fingerprint density at radius 1 is 1.35 bits per heavy atom. The summed E-state index contributed by atoms with van der Waals surface area (Å²) < 4.78 is 0. The van der Waals surface area contributed by atoms with Crippen molar-refractivity contribution in [3.8, 4) is 0 Å². The number of amides is 1. The molecule has 1 aromatic carbocycles. The molecule has 3 N–H and O–H groups in total. The lowest BCUT2D eigenvalue weighted by atomic mass is 10.1. The minimum atomic E-state index is -0.0916. The maximum absolute atomic E-state index is 11.9. The zero-order chi connectivity index (χ0) is 12.3. The van der Waals surface area contributed by atoms with Gasteiger partial charge in [0, 0.05) is 22.8 Å². The van der Waals surface area contributed by atoms with Crippen LogP contribution in [0, 0.1) is 5.92 Å². The van der Waals surface area contributed by atoms with E-state index in [0.29, 0.717) is 22.2 Å². The Bertz CT molecular complexity index is 394. The smallest absolute Gasteiger partial charge is 0.251 e. The van der Waals surface area contributed by atoms with Crippen LogP contribution in [0.1, 0.15) is 36.0 Å². The maximum Gasteiger partial charge on any atom is 0.251 e. The summed E-state index contributed by atoms with van der Waals surface area (Å²) in [6.07, 6.45) is 5.01. The predicted octanol–water partition coefficient (Wildman–Crippen LogP) is 2.84. The summed E-state index contributed by atoms with van der Waals surface area (Å²) in [6.45, 7) is 0.755. The van der Waals surface area contributed by atoms with Gasteiger partial charge in [0.1, 0.15) is 0 Å². The van der Waals surface area contributed by atoms with Gasteiger partial charge >= 0.3 is 0 Å². The van der Waals surface area contributed by atoms with Crippen LogP contribution >= 0.6 is 11.6 Å². The molecule has 17 heavy (non-hydrogen) atoms. The Morgan fingerprint density at radius 3 is 2.71 bits per heavy atom. The average molecular weight is 253 g/mol. The Hall–Kier alpha value is -1.22. The van der Waals surface area contributed by atoms with Gasteiger partial charge in [-0.05, 0) is 37.0 Å². The van der Waals surface area contributed by atoms with E-state index in [4.69, 9.17) is 17.3 Å². The molecule has 1 saturated carbocycles. The van der Waals surface area contributed by atoms with Crippen LogP contribution in [0.3, 0.4) is 0 Å². The third kappa shape index (κ3) is 3.37. The molecular weight excluding hydrogens is 236 g/mol. The second-order valence-electron chi connectivity index (χ2n) is 4.63. The van der Waals surface area contributed by atoms with Gasteiger partial charge in [-0.25, -0.2) is 0 Å². The van der Waals surface area contributed by atoms with Crippen molar-refractivity contribution in [3.63, 3.8) is 0 Å². The Kier molecular flexibility index (Phi) is 3.89. The first-order valence-corrected chi connectivity index (χ1v) is 6.37. The molecule has 0 spiro atoms. The van der Waals surface area contributed by atoms with Crippen molar-refractivity contribution in [1.82, 2.24) is 5.32 Å². The first-order valence-electron chi connectivity index (χ1n) is 5.99. The topological polar surface area (TPSA) is 55.1 Å². The van der Waals surface area contributed by atoms with Crippen LogP contribution in [-0.2, 0) is 0 Å². The van der Waals surface area contributed by atoms with Crippen LogP contribution in [0.25, 0.3) is 0 Å². The SMILES string of the molecule is Nc1cc(Cl)cc(C(=O)NCC2CCCC2)c1. The Labute approximate surface area is 106 Å². The normalized spacial score (nSPS) is 16.1. The van der Waals surface area contributed by atoms with Crippen molar-refractivity contribution in [2.24, 2.45) is 5.92 Å². The standard InChI is InChI=1S/C13H17ClN2O/c14-11-5-10(6-12(15)7-11)13(17)16-8-9-3-1-2-4-9/h5-7,9H,1-4,8,15H2,(H,16,17). The maximum atomic E-state index is 11.9. The summed E-state index contributed by atoms with van der Waals surface area (Å²) in [5.41, 5.74) is 6.70. The quantitative estimate of drug-likeness (QED) is 0.813. The summed E-state index contributed by atoms with van der Waals surface area (Å²) in [5.74, 6) is 0.543. The molecule has 0 heterocycles. The van der Waals surface area contributed by atoms with Gasteiger partial charge in [-0.15, -0.1) is 0 Å². The van der Waals surface area contributed by atoms with Gasteiger partial charge < -0.3 is 11.1 Å². The number of rotatable bonds is 3.